The Labute approximate surface area is 232 Å². The Balaban J connectivity index is 1.61. The minimum atomic E-state index is -4.57. The van der Waals surface area contributed by atoms with Crippen molar-refractivity contribution < 1.29 is 18.0 Å². The molecule has 0 saturated carbocycles. The number of likely N-dealkylation sites (N-methyl/N-ethyl adjacent to an activating group) is 1. The zero-order valence-corrected chi connectivity index (χ0v) is 23.7. The van der Waals surface area contributed by atoms with Crippen LogP contribution in [0, 0.1) is 20.8 Å². The summed E-state index contributed by atoms with van der Waals surface area (Å²) in [6, 6.07) is 7.67. The minimum Gasteiger partial charge on any atom is -0.383 e. The first kappa shape index (κ1) is 29.0. The molecule has 3 N–H and O–H groups in total. The van der Waals surface area contributed by atoms with E-state index in [9.17, 15) is 18.0 Å². The van der Waals surface area contributed by atoms with Crippen LogP contribution in [0.2, 0.25) is 0 Å². The molecule has 1 aliphatic rings. The molecular formula is C28H35F3N8O. The highest BCUT2D eigenvalue weighted by Gasteiger charge is 2.34. The van der Waals surface area contributed by atoms with E-state index in [2.05, 4.69) is 21.3 Å². The Morgan fingerprint density at radius 1 is 1.10 bits per heavy atom. The third-order valence-electron chi connectivity index (χ3n) is 6.96. The number of hydrogen-bond donors (Lipinski definition) is 3. The summed E-state index contributed by atoms with van der Waals surface area (Å²) >= 11 is 0. The lowest BCUT2D eigenvalue weighted by atomic mass is 10.0. The monoisotopic (exact) mass is 556 g/mol. The van der Waals surface area contributed by atoms with Crippen LogP contribution < -0.4 is 21.2 Å². The maximum Gasteiger partial charge on any atom is 0.416 e. The number of nitrogens with zero attached hydrogens (tertiary/aromatic N) is 5. The third kappa shape index (κ3) is 6.07. The van der Waals surface area contributed by atoms with Crippen LogP contribution in [0.15, 0.2) is 42.7 Å². The average Bonchev–Trinajstić information content (AvgIpc) is 3.41. The zero-order valence-electron chi connectivity index (χ0n) is 23.7. The van der Waals surface area contributed by atoms with Crippen LogP contribution in [0.25, 0.3) is 5.70 Å². The van der Waals surface area contributed by atoms with E-state index in [0.717, 1.165) is 34.3 Å². The molecule has 3 aromatic rings. The van der Waals surface area contributed by atoms with Crippen LogP contribution in [0.4, 0.5) is 30.2 Å². The van der Waals surface area contributed by atoms with Gasteiger partial charge in [0, 0.05) is 61.6 Å². The number of aryl methyl sites for hydroxylation is 2. The van der Waals surface area contributed by atoms with Gasteiger partial charge in [-0.05, 0) is 70.3 Å². The zero-order chi connectivity index (χ0) is 29.4. The average molecular weight is 557 g/mol. The molecule has 1 aliphatic heterocycles. The molecule has 0 unspecified atom stereocenters. The summed E-state index contributed by atoms with van der Waals surface area (Å²) in [5, 5.41) is 13.7. The van der Waals surface area contributed by atoms with Gasteiger partial charge in [0.25, 0.3) is 5.91 Å². The van der Waals surface area contributed by atoms with Gasteiger partial charge in [-0.1, -0.05) is 6.07 Å². The number of anilines is 3. The van der Waals surface area contributed by atoms with Crippen molar-refractivity contribution in [1.29, 1.82) is 0 Å². The Kier molecular flexibility index (Phi) is 8.13. The van der Waals surface area contributed by atoms with Gasteiger partial charge in [-0.3, -0.25) is 19.5 Å². The van der Waals surface area contributed by atoms with Crippen LogP contribution >= 0.6 is 0 Å². The highest BCUT2D eigenvalue weighted by Crippen LogP contribution is 2.37. The van der Waals surface area contributed by atoms with E-state index in [1.807, 2.05) is 58.1 Å². The SMILES string of the molecule is Cc1ccc(C(=O)Nc2cc(NCCN(C)C)c(C)c(C(F)(F)F)c2)cc1N1C=C(c2cnn(C)c2C)N(C)N1. The lowest BCUT2D eigenvalue weighted by Gasteiger charge is -2.23. The minimum absolute atomic E-state index is 0.0608. The largest absolute Gasteiger partial charge is 0.416 e. The highest BCUT2D eigenvalue weighted by molar-refractivity contribution is 6.05. The molecule has 0 radical (unpaired) electrons. The summed E-state index contributed by atoms with van der Waals surface area (Å²) in [5.74, 6) is -0.516. The Morgan fingerprint density at radius 3 is 2.45 bits per heavy atom. The van der Waals surface area contributed by atoms with E-state index in [0.29, 0.717) is 24.3 Å². The van der Waals surface area contributed by atoms with Gasteiger partial charge in [0.2, 0.25) is 0 Å². The summed E-state index contributed by atoms with van der Waals surface area (Å²) in [6.07, 6.45) is -0.862. The van der Waals surface area contributed by atoms with Crippen LogP contribution in [-0.2, 0) is 13.2 Å². The summed E-state index contributed by atoms with van der Waals surface area (Å²) in [4.78, 5) is 15.2. The molecule has 0 saturated heterocycles. The lowest BCUT2D eigenvalue weighted by Crippen LogP contribution is -2.38. The van der Waals surface area contributed by atoms with Crippen molar-refractivity contribution in [3.05, 3.63) is 76.2 Å². The fourth-order valence-electron chi connectivity index (χ4n) is 4.47. The number of nitrogens with one attached hydrogen (secondary N) is 3. The number of halogens is 3. The first-order chi connectivity index (χ1) is 18.8. The number of aromatic nitrogens is 2. The number of rotatable bonds is 8. The Bertz CT molecular complexity index is 1440. The molecule has 1 amide bonds. The van der Waals surface area contributed by atoms with Crippen LogP contribution in [0.3, 0.4) is 0 Å². The van der Waals surface area contributed by atoms with E-state index in [1.54, 1.807) is 34.1 Å². The molecule has 214 valence electrons. The van der Waals surface area contributed by atoms with Gasteiger partial charge in [0.1, 0.15) is 0 Å². The summed E-state index contributed by atoms with van der Waals surface area (Å²) in [7, 11) is 7.52. The lowest BCUT2D eigenvalue weighted by molar-refractivity contribution is -0.138. The Morgan fingerprint density at radius 2 is 1.82 bits per heavy atom. The van der Waals surface area contributed by atoms with Crippen molar-refractivity contribution >= 4 is 28.7 Å². The maximum atomic E-state index is 13.8. The van der Waals surface area contributed by atoms with Crippen LogP contribution in [0.1, 0.15) is 38.3 Å². The maximum absolute atomic E-state index is 13.8. The van der Waals surface area contributed by atoms with Gasteiger partial charge < -0.3 is 15.5 Å². The molecule has 12 heteroatoms. The van der Waals surface area contributed by atoms with Crippen LogP contribution in [-0.4, -0.2) is 59.8 Å². The normalized spacial score (nSPS) is 13.7. The molecule has 40 heavy (non-hydrogen) atoms. The molecular weight excluding hydrogens is 521 g/mol. The third-order valence-corrected chi connectivity index (χ3v) is 6.96. The summed E-state index contributed by atoms with van der Waals surface area (Å²) in [6.45, 7) is 6.41. The fourth-order valence-corrected chi connectivity index (χ4v) is 4.47. The van der Waals surface area contributed by atoms with Gasteiger partial charge in [-0.15, -0.1) is 5.53 Å². The second kappa shape index (κ2) is 11.2. The second-order valence-corrected chi connectivity index (χ2v) is 10.2. The number of hydrazine groups is 2. The molecule has 9 nitrogen and oxygen atoms in total. The number of alkyl halides is 3. The quantitative estimate of drug-likeness (QED) is 0.369. The van der Waals surface area contributed by atoms with Crippen molar-refractivity contribution in [2.24, 2.45) is 7.05 Å². The van der Waals surface area contributed by atoms with Gasteiger partial charge in [-0.25, -0.2) is 0 Å². The number of carbonyl (C=O) groups excluding carboxylic acids is 1. The Hall–Kier alpha value is -4.03. The van der Waals surface area contributed by atoms with E-state index in [1.165, 1.54) is 13.0 Å². The highest BCUT2D eigenvalue weighted by atomic mass is 19.4. The van der Waals surface area contributed by atoms with Gasteiger partial charge in [-0.2, -0.15) is 18.3 Å². The molecule has 0 bridgehead atoms. The molecule has 0 aliphatic carbocycles. The van der Waals surface area contributed by atoms with Crippen molar-refractivity contribution in [2.45, 2.75) is 26.9 Å². The van der Waals surface area contributed by atoms with E-state index < -0.39 is 17.6 Å². The number of hydrogen-bond acceptors (Lipinski definition) is 7. The topological polar surface area (TPSA) is 80.7 Å². The van der Waals surface area contributed by atoms with Gasteiger partial charge in [0.05, 0.1) is 23.1 Å². The first-order valence-electron chi connectivity index (χ1n) is 12.8. The molecule has 2 heterocycles. The molecule has 1 aromatic heterocycles. The second-order valence-electron chi connectivity index (χ2n) is 10.2. The van der Waals surface area contributed by atoms with Crippen LogP contribution in [0.5, 0.6) is 0 Å². The number of carbonyl (C=O) groups is 1. The van der Waals surface area contributed by atoms with E-state index >= 15 is 0 Å². The predicted octanol–water partition coefficient (Wildman–Crippen LogP) is 4.76. The van der Waals surface area contributed by atoms with Gasteiger partial charge >= 0.3 is 6.18 Å². The fraction of sp³-hybridized carbons (Fsp3) is 0.357. The molecule has 0 fully saturated rings. The van der Waals surface area contributed by atoms with E-state index in [-0.39, 0.29) is 11.3 Å². The van der Waals surface area contributed by atoms with Gasteiger partial charge in [0.15, 0.2) is 0 Å². The summed E-state index contributed by atoms with van der Waals surface area (Å²) in [5.41, 5.74) is 7.70. The molecule has 4 rings (SSSR count). The predicted molar refractivity (Wildman–Crippen MR) is 152 cm³/mol. The molecule has 0 atom stereocenters. The molecule has 0 spiro atoms. The van der Waals surface area contributed by atoms with E-state index in [4.69, 9.17) is 0 Å². The van der Waals surface area contributed by atoms with Crippen molar-refractivity contribution in [1.82, 2.24) is 25.2 Å². The summed E-state index contributed by atoms with van der Waals surface area (Å²) < 4.78 is 43.3. The van der Waals surface area contributed by atoms with Crippen molar-refractivity contribution in [2.75, 3.05) is 49.9 Å². The molecule has 2 aromatic carbocycles. The van der Waals surface area contributed by atoms with Crippen molar-refractivity contribution in [3.63, 3.8) is 0 Å². The van der Waals surface area contributed by atoms with Crippen molar-refractivity contribution in [3.8, 4) is 0 Å². The number of benzene rings is 2. The first-order valence-corrected chi connectivity index (χ1v) is 12.8. The smallest absolute Gasteiger partial charge is 0.383 e. The number of amides is 1. The standard InChI is InChI=1S/C28H35F3N8O/c1-17-8-9-20(12-25(17)39-16-26(38(7)35-39)22-15-33-37(6)19(22)3)27(40)34-21-13-23(28(29,30)31)18(2)24(14-21)32-10-11-36(4)5/h8-9,12-16,32,35H,10-11H2,1-7H3,(H,34,40).